The van der Waals surface area contributed by atoms with Crippen LogP contribution in [0, 0.1) is 0 Å². The van der Waals surface area contributed by atoms with Crippen molar-refractivity contribution in [1.29, 1.82) is 0 Å². The van der Waals surface area contributed by atoms with Gasteiger partial charge >= 0.3 is 0 Å². The van der Waals surface area contributed by atoms with Crippen LogP contribution in [-0.2, 0) is 0 Å². The first-order valence-corrected chi connectivity index (χ1v) is 7.74. The molecule has 0 unspecified atom stereocenters. The van der Waals surface area contributed by atoms with Crippen molar-refractivity contribution >= 4 is 44.6 Å². The van der Waals surface area contributed by atoms with E-state index in [4.69, 9.17) is 0 Å². The quantitative estimate of drug-likeness (QED) is 0.679. The van der Waals surface area contributed by atoms with Gasteiger partial charge < -0.3 is 0 Å². The Labute approximate surface area is 128 Å². The first-order chi connectivity index (χ1) is 9.74. The number of hydrogen-bond acceptors (Lipinski definition) is 4. The fourth-order valence-corrected chi connectivity index (χ4v) is 2.92. The minimum absolute atomic E-state index is 0.0799. The monoisotopic (exact) mass is 347 g/mol. The summed E-state index contributed by atoms with van der Waals surface area (Å²) in [5.41, 5.74) is 1.43. The number of fused-ring (bicyclic) bond motifs is 1. The average molecular weight is 348 g/mol. The number of aromatic nitrogens is 3. The number of carbonyl (C=O) groups excluding carboxylic acids is 1. The third kappa shape index (κ3) is 2.76. The third-order valence-electron chi connectivity index (χ3n) is 2.75. The molecule has 4 nitrogen and oxygen atoms in total. The minimum atomic E-state index is -0.0799. The third-order valence-corrected chi connectivity index (χ3v) is 4.24. The van der Waals surface area contributed by atoms with Gasteiger partial charge in [0.1, 0.15) is 5.52 Å². The summed E-state index contributed by atoms with van der Waals surface area (Å²) in [4.78, 5) is 13.3. The van der Waals surface area contributed by atoms with Crippen LogP contribution in [0.4, 0.5) is 0 Å². The molecule has 20 heavy (non-hydrogen) atoms. The molecular weight excluding hydrogens is 338 g/mol. The first-order valence-electron chi connectivity index (χ1n) is 5.96. The van der Waals surface area contributed by atoms with Crippen LogP contribution in [0.15, 0.2) is 57.9 Å². The Hall–Kier alpha value is -1.66. The van der Waals surface area contributed by atoms with Crippen molar-refractivity contribution in [1.82, 2.24) is 15.0 Å². The smallest absolute Gasteiger partial charge is 0.259 e. The lowest BCUT2D eigenvalue weighted by Crippen LogP contribution is -2.14. The van der Waals surface area contributed by atoms with Gasteiger partial charge in [-0.05, 0) is 30.3 Å². The molecule has 3 rings (SSSR count). The van der Waals surface area contributed by atoms with Gasteiger partial charge in [-0.1, -0.05) is 39.3 Å². The van der Waals surface area contributed by atoms with Gasteiger partial charge in [0.2, 0.25) is 0 Å². The second kappa shape index (κ2) is 5.76. The van der Waals surface area contributed by atoms with E-state index in [-0.39, 0.29) is 5.91 Å². The summed E-state index contributed by atoms with van der Waals surface area (Å²) in [6.07, 6.45) is 0. The predicted molar refractivity (Wildman–Crippen MR) is 83.0 cm³/mol. The van der Waals surface area contributed by atoms with Gasteiger partial charge in [0.25, 0.3) is 5.91 Å². The van der Waals surface area contributed by atoms with Gasteiger partial charge in [-0.3, -0.25) is 4.79 Å². The molecule has 0 saturated heterocycles. The molecule has 1 heterocycles. The molecule has 2 aromatic carbocycles. The van der Waals surface area contributed by atoms with Gasteiger partial charge in [-0.2, -0.15) is 4.68 Å². The number of benzene rings is 2. The number of thioether (sulfide) groups is 1. The van der Waals surface area contributed by atoms with E-state index in [0.29, 0.717) is 11.3 Å². The summed E-state index contributed by atoms with van der Waals surface area (Å²) in [5, 5.41) is 7.94. The van der Waals surface area contributed by atoms with Crippen LogP contribution in [0.5, 0.6) is 0 Å². The molecule has 0 aliphatic carbocycles. The lowest BCUT2D eigenvalue weighted by Gasteiger charge is -2.01. The van der Waals surface area contributed by atoms with E-state index in [9.17, 15) is 4.79 Å². The van der Waals surface area contributed by atoms with E-state index in [1.165, 1.54) is 16.4 Å². The van der Waals surface area contributed by atoms with E-state index < -0.39 is 0 Å². The highest BCUT2D eigenvalue weighted by Gasteiger charge is 2.12. The Balaban J connectivity index is 1.79. The van der Waals surface area contributed by atoms with Crippen LogP contribution < -0.4 is 0 Å². The molecule has 1 aromatic heterocycles. The maximum atomic E-state index is 12.2. The van der Waals surface area contributed by atoms with Crippen molar-refractivity contribution < 1.29 is 4.79 Å². The Morgan fingerprint density at radius 1 is 1.20 bits per heavy atom. The summed E-state index contributed by atoms with van der Waals surface area (Å²) >= 11 is 4.86. The van der Waals surface area contributed by atoms with E-state index in [0.717, 1.165) is 14.9 Å². The molecule has 0 atom stereocenters. The number of nitrogens with zero attached hydrogens (tertiary/aromatic N) is 3. The van der Waals surface area contributed by atoms with Crippen LogP contribution in [0.25, 0.3) is 11.0 Å². The Morgan fingerprint density at radius 2 is 2.00 bits per heavy atom. The van der Waals surface area contributed by atoms with Gasteiger partial charge in [0.05, 0.1) is 11.3 Å². The summed E-state index contributed by atoms with van der Waals surface area (Å²) in [6, 6.07) is 15.4. The van der Waals surface area contributed by atoms with Crippen LogP contribution in [0.1, 0.15) is 4.79 Å². The second-order valence-electron chi connectivity index (χ2n) is 4.13. The summed E-state index contributed by atoms with van der Waals surface area (Å²) in [6.45, 7) is 0. The van der Waals surface area contributed by atoms with Crippen molar-refractivity contribution in [3.05, 3.63) is 53.0 Å². The van der Waals surface area contributed by atoms with E-state index >= 15 is 0 Å². The van der Waals surface area contributed by atoms with E-state index in [2.05, 4.69) is 26.2 Å². The molecule has 0 aliphatic rings. The fourth-order valence-electron chi connectivity index (χ4n) is 1.80. The van der Waals surface area contributed by atoms with E-state index in [1.54, 1.807) is 0 Å². The zero-order valence-electron chi connectivity index (χ0n) is 10.4. The molecule has 0 fully saturated rings. The highest BCUT2D eigenvalue weighted by atomic mass is 79.9. The van der Waals surface area contributed by atoms with Crippen molar-refractivity contribution in [3.8, 4) is 0 Å². The normalized spacial score (nSPS) is 10.8. The van der Waals surface area contributed by atoms with Crippen LogP contribution in [0.2, 0.25) is 0 Å². The lowest BCUT2D eigenvalue weighted by atomic mass is 10.3. The predicted octanol–water partition coefficient (Wildman–Crippen LogP) is 3.63. The van der Waals surface area contributed by atoms with E-state index in [1.807, 2.05) is 48.5 Å². The number of carbonyl (C=O) groups is 1. The molecule has 0 saturated carbocycles. The Morgan fingerprint density at radius 3 is 2.80 bits per heavy atom. The van der Waals surface area contributed by atoms with Gasteiger partial charge in [-0.25, -0.2) is 0 Å². The Bertz CT molecular complexity index is 757. The lowest BCUT2D eigenvalue weighted by molar-refractivity contribution is 0.0929. The molecular formula is C14H10BrN3OS. The topological polar surface area (TPSA) is 47.8 Å². The zero-order chi connectivity index (χ0) is 13.9. The molecule has 0 spiro atoms. The van der Waals surface area contributed by atoms with Crippen molar-refractivity contribution in [2.75, 3.05) is 5.75 Å². The SMILES string of the molecule is O=C(CSc1ccccc1)n1nnc2cc(Br)ccc21. The molecule has 0 radical (unpaired) electrons. The minimum Gasteiger partial charge on any atom is -0.272 e. The highest BCUT2D eigenvalue weighted by Crippen LogP contribution is 2.20. The maximum absolute atomic E-state index is 12.2. The summed E-state index contributed by atoms with van der Waals surface area (Å²) < 4.78 is 2.28. The number of rotatable bonds is 3. The molecule has 3 aromatic rings. The number of halogens is 1. The molecule has 0 amide bonds. The maximum Gasteiger partial charge on any atom is 0.259 e. The second-order valence-corrected chi connectivity index (χ2v) is 6.09. The van der Waals surface area contributed by atoms with Gasteiger partial charge in [0, 0.05) is 9.37 Å². The van der Waals surface area contributed by atoms with Crippen LogP contribution >= 0.6 is 27.7 Å². The summed E-state index contributed by atoms with van der Waals surface area (Å²) in [5.74, 6) is 0.252. The van der Waals surface area contributed by atoms with Crippen LogP contribution in [-0.4, -0.2) is 26.7 Å². The fraction of sp³-hybridized carbons (Fsp3) is 0.0714. The molecule has 0 bridgehead atoms. The largest absolute Gasteiger partial charge is 0.272 e. The molecule has 0 aliphatic heterocycles. The van der Waals surface area contributed by atoms with Crippen molar-refractivity contribution in [2.24, 2.45) is 0 Å². The summed E-state index contributed by atoms with van der Waals surface area (Å²) in [7, 11) is 0. The average Bonchev–Trinajstić information content (AvgIpc) is 2.89. The molecule has 0 N–H and O–H groups in total. The van der Waals surface area contributed by atoms with Gasteiger partial charge in [0.15, 0.2) is 0 Å². The van der Waals surface area contributed by atoms with Crippen molar-refractivity contribution in [3.63, 3.8) is 0 Å². The van der Waals surface area contributed by atoms with Crippen molar-refractivity contribution in [2.45, 2.75) is 4.90 Å². The standard InChI is InChI=1S/C14H10BrN3OS/c15-10-6-7-13-12(8-10)16-17-18(13)14(19)9-20-11-4-2-1-3-5-11/h1-8H,9H2. The Kier molecular flexibility index (Phi) is 3.84. The first kappa shape index (κ1) is 13.3. The van der Waals surface area contributed by atoms with Crippen LogP contribution in [0.3, 0.4) is 0 Å². The molecule has 6 heteroatoms. The van der Waals surface area contributed by atoms with Gasteiger partial charge in [-0.15, -0.1) is 16.9 Å². The highest BCUT2D eigenvalue weighted by molar-refractivity contribution is 9.10. The molecule has 100 valence electrons. The zero-order valence-corrected chi connectivity index (χ0v) is 12.8. The number of hydrogen-bond donors (Lipinski definition) is 0.